The lowest BCUT2D eigenvalue weighted by Gasteiger charge is -2.27. The summed E-state index contributed by atoms with van der Waals surface area (Å²) in [5.74, 6) is 2.55. The van der Waals surface area contributed by atoms with E-state index in [1.165, 1.54) is 0 Å². The van der Waals surface area contributed by atoms with Crippen LogP contribution >= 0.6 is 11.6 Å². The van der Waals surface area contributed by atoms with Crippen LogP contribution in [0.1, 0.15) is 81.5 Å². The van der Waals surface area contributed by atoms with Crippen LogP contribution in [0.5, 0.6) is 0 Å². The number of carbonyl (C=O) groups excluding carboxylic acids is 2. The quantitative estimate of drug-likeness (QED) is 0.451. The van der Waals surface area contributed by atoms with Crippen molar-refractivity contribution in [1.29, 1.82) is 0 Å². The van der Waals surface area contributed by atoms with Crippen molar-refractivity contribution >= 4 is 29.2 Å². The minimum atomic E-state index is -0.0457. The van der Waals surface area contributed by atoms with Gasteiger partial charge < -0.3 is 14.6 Å². The number of amides is 1. The lowest BCUT2D eigenvalue weighted by molar-refractivity contribution is -0.149. The molecule has 1 aromatic carbocycles. The number of nitrogens with zero attached hydrogens (tertiary/aromatic N) is 3. The number of rotatable bonds is 10. The molecule has 0 saturated heterocycles. The third-order valence-electron chi connectivity index (χ3n) is 7.11. The predicted molar refractivity (Wildman–Crippen MR) is 132 cm³/mol. The highest BCUT2D eigenvalue weighted by Crippen LogP contribution is 2.38. The van der Waals surface area contributed by atoms with Crippen LogP contribution in [0.25, 0.3) is 0 Å². The van der Waals surface area contributed by atoms with Crippen molar-refractivity contribution in [2.24, 2.45) is 11.8 Å². The number of halogens is 1. The summed E-state index contributed by atoms with van der Waals surface area (Å²) in [5.41, 5.74) is 1.62. The van der Waals surface area contributed by atoms with Gasteiger partial charge in [-0.25, -0.2) is 0 Å². The van der Waals surface area contributed by atoms with E-state index in [4.69, 9.17) is 16.3 Å². The molecular formula is C26H35ClN4O3. The molecule has 1 heterocycles. The van der Waals surface area contributed by atoms with Crippen molar-refractivity contribution in [3.05, 3.63) is 40.4 Å². The Morgan fingerprint density at radius 1 is 1.09 bits per heavy atom. The van der Waals surface area contributed by atoms with Crippen molar-refractivity contribution in [3.63, 3.8) is 0 Å². The van der Waals surface area contributed by atoms with Gasteiger partial charge in [-0.2, -0.15) is 0 Å². The van der Waals surface area contributed by atoms with Gasteiger partial charge in [-0.05, 0) is 82.4 Å². The third-order valence-corrected chi connectivity index (χ3v) is 7.52. The fraction of sp³-hybridized carbons (Fsp3) is 0.615. The number of nitrogens with one attached hydrogen (secondary N) is 1. The SMILES string of the molecule is CCOC(=O)[C@H]1CC[C@H](CCc2nnc(CCC(=O)Nc3cccc(Cl)c3C)n2C2CC2)CC1. The van der Waals surface area contributed by atoms with Crippen LogP contribution in [0.4, 0.5) is 5.69 Å². The maximum Gasteiger partial charge on any atom is 0.308 e. The number of benzene rings is 1. The molecule has 2 aromatic rings. The van der Waals surface area contributed by atoms with Crippen molar-refractivity contribution in [2.75, 3.05) is 11.9 Å². The molecule has 34 heavy (non-hydrogen) atoms. The molecule has 1 amide bonds. The number of carbonyl (C=O) groups is 2. The normalized spacial score (nSPS) is 20.2. The zero-order chi connectivity index (χ0) is 24.1. The molecule has 0 radical (unpaired) electrons. The van der Waals surface area contributed by atoms with Crippen LogP contribution in [0, 0.1) is 18.8 Å². The zero-order valence-corrected chi connectivity index (χ0v) is 20.9. The first-order chi connectivity index (χ1) is 16.5. The number of anilines is 1. The van der Waals surface area contributed by atoms with Crippen LogP contribution in [-0.2, 0) is 27.2 Å². The maximum atomic E-state index is 12.6. The summed E-state index contributed by atoms with van der Waals surface area (Å²) in [6.45, 7) is 4.22. The Bertz CT molecular complexity index is 1010. The fourth-order valence-electron chi connectivity index (χ4n) is 4.92. The second kappa shape index (κ2) is 11.3. The third kappa shape index (κ3) is 6.17. The van der Waals surface area contributed by atoms with Crippen LogP contribution in [0.15, 0.2) is 18.2 Å². The minimum Gasteiger partial charge on any atom is -0.466 e. The second-order valence-electron chi connectivity index (χ2n) is 9.60. The number of aromatic nitrogens is 3. The predicted octanol–water partition coefficient (Wildman–Crippen LogP) is 5.45. The highest BCUT2D eigenvalue weighted by molar-refractivity contribution is 6.31. The molecule has 0 aliphatic heterocycles. The molecular weight excluding hydrogens is 452 g/mol. The number of hydrogen-bond donors (Lipinski definition) is 1. The Hall–Kier alpha value is -2.41. The van der Waals surface area contributed by atoms with Gasteiger partial charge in [0.2, 0.25) is 5.91 Å². The van der Waals surface area contributed by atoms with E-state index in [-0.39, 0.29) is 17.8 Å². The molecule has 0 spiro atoms. The van der Waals surface area contributed by atoms with Crippen molar-refractivity contribution in [3.8, 4) is 0 Å². The molecule has 0 unspecified atom stereocenters. The monoisotopic (exact) mass is 486 g/mol. The first-order valence-corrected chi connectivity index (χ1v) is 13.0. The smallest absolute Gasteiger partial charge is 0.308 e. The summed E-state index contributed by atoms with van der Waals surface area (Å²) < 4.78 is 7.47. The van der Waals surface area contributed by atoms with E-state index in [2.05, 4.69) is 20.1 Å². The van der Waals surface area contributed by atoms with E-state index in [0.717, 1.165) is 74.3 Å². The molecule has 8 heteroatoms. The molecule has 7 nitrogen and oxygen atoms in total. The van der Waals surface area contributed by atoms with Gasteiger partial charge in [0.05, 0.1) is 12.5 Å². The molecule has 0 atom stereocenters. The summed E-state index contributed by atoms with van der Waals surface area (Å²) in [6.07, 6.45) is 9.16. The van der Waals surface area contributed by atoms with Gasteiger partial charge in [0.25, 0.3) is 0 Å². The van der Waals surface area contributed by atoms with E-state index in [1.807, 2.05) is 32.0 Å². The van der Waals surface area contributed by atoms with Gasteiger partial charge in [-0.3, -0.25) is 9.59 Å². The average Bonchev–Trinajstić information content (AvgIpc) is 3.59. The van der Waals surface area contributed by atoms with Crippen LogP contribution in [-0.4, -0.2) is 33.2 Å². The largest absolute Gasteiger partial charge is 0.466 e. The van der Waals surface area contributed by atoms with Gasteiger partial charge in [0.1, 0.15) is 11.6 Å². The maximum absolute atomic E-state index is 12.6. The summed E-state index contributed by atoms with van der Waals surface area (Å²) in [7, 11) is 0. The summed E-state index contributed by atoms with van der Waals surface area (Å²) in [5, 5.41) is 12.6. The molecule has 4 rings (SSSR count). The zero-order valence-electron chi connectivity index (χ0n) is 20.2. The van der Waals surface area contributed by atoms with E-state index >= 15 is 0 Å². The summed E-state index contributed by atoms with van der Waals surface area (Å²) >= 11 is 6.16. The van der Waals surface area contributed by atoms with Crippen molar-refractivity contribution in [2.45, 2.75) is 84.1 Å². The van der Waals surface area contributed by atoms with E-state index < -0.39 is 0 Å². The van der Waals surface area contributed by atoms with Crippen LogP contribution in [0.3, 0.4) is 0 Å². The van der Waals surface area contributed by atoms with Crippen LogP contribution < -0.4 is 5.32 Å². The van der Waals surface area contributed by atoms with Gasteiger partial charge >= 0.3 is 5.97 Å². The van der Waals surface area contributed by atoms with E-state index in [1.54, 1.807) is 0 Å². The van der Waals surface area contributed by atoms with Crippen molar-refractivity contribution in [1.82, 2.24) is 14.8 Å². The fourth-order valence-corrected chi connectivity index (χ4v) is 5.09. The van der Waals surface area contributed by atoms with E-state index in [9.17, 15) is 9.59 Å². The molecule has 0 bridgehead atoms. The first-order valence-electron chi connectivity index (χ1n) is 12.6. The van der Waals surface area contributed by atoms with Crippen molar-refractivity contribution < 1.29 is 14.3 Å². The highest BCUT2D eigenvalue weighted by Gasteiger charge is 2.31. The number of aryl methyl sites for hydroxylation is 2. The van der Waals surface area contributed by atoms with Gasteiger partial charge in [-0.15, -0.1) is 10.2 Å². The highest BCUT2D eigenvalue weighted by atomic mass is 35.5. The Labute approximate surface area is 206 Å². The first kappa shape index (κ1) is 24.7. The van der Waals surface area contributed by atoms with E-state index in [0.29, 0.717) is 36.4 Å². The molecule has 2 fully saturated rings. The summed E-state index contributed by atoms with van der Waals surface area (Å²) in [4.78, 5) is 24.5. The molecule has 184 valence electrons. The molecule has 1 N–H and O–H groups in total. The van der Waals surface area contributed by atoms with Gasteiger partial charge in [0, 0.05) is 36.0 Å². The lowest BCUT2D eigenvalue weighted by atomic mass is 9.80. The van der Waals surface area contributed by atoms with Gasteiger partial charge in [0.15, 0.2) is 0 Å². The second-order valence-corrected chi connectivity index (χ2v) is 10.0. The van der Waals surface area contributed by atoms with Crippen LogP contribution in [0.2, 0.25) is 5.02 Å². The minimum absolute atomic E-state index is 0.0337. The Balaban J connectivity index is 1.29. The molecule has 1 aromatic heterocycles. The molecule has 2 aliphatic rings. The number of ether oxygens (including phenoxy) is 1. The number of hydrogen-bond acceptors (Lipinski definition) is 5. The Morgan fingerprint density at radius 2 is 1.79 bits per heavy atom. The average molecular weight is 487 g/mol. The lowest BCUT2D eigenvalue weighted by Crippen LogP contribution is -2.24. The summed E-state index contributed by atoms with van der Waals surface area (Å²) in [6, 6.07) is 5.99. The Kier molecular flexibility index (Phi) is 8.24. The molecule has 2 saturated carbocycles. The molecule has 2 aliphatic carbocycles. The Morgan fingerprint density at radius 3 is 2.47 bits per heavy atom. The number of esters is 1. The van der Waals surface area contributed by atoms with Gasteiger partial charge in [-0.1, -0.05) is 17.7 Å². The topological polar surface area (TPSA) is 86.1 Å². The standard InChI is InChI=1S/C26H35ClN4O3/c1-3-34-26(33)19-10-7-18(8-11-19)9-14-23-29-30-24(31(23)20-12-13-20)15-16-25(32)28-22-6-4-5-21(27)17(22)2/h4-6,18-20H,3,7-16H2,1-2H3,(H,28,32)/t18-,19-.